The Hall–Kier alpha value is 0.804. The van der Waals surface area contributed by atoms with Crippen LogP contribution in [0, 0.1) is 6.08 Å². The first-order valence-corrected chi connectivity index (χ1v) is 1.41. The first-order chi connectivity index (χ1) is 1.91. The smallest absolute Gasteiger partial charge is 0 e. The Bertz CT molecular complexity index is 21.5. The van der Waals surface area contributed by atoms with Crippen LogP contribution in [0.15, 0.2) is 6.58 Å². The van der Waals surface area contributed by atoms with Crippen LogP contribution < -0.4 is 0 Å². The molecule has 0 aromatic heterocycles. The van der Waals surface area contributed by atoms with E-state index in [4.69, 9.17) is 0 Å². The Balaban J connectivity index is -0.0000000450. The maximum absolute atomic E-state index is 3.35. The number of allylic oxidation sites excluding steroid dienone is 1. The van der Waals surface area contributed by atoms with Gasteiger partial charge in [-0.15, -0.1) is 0 Å². The van der Waals surface area contributed by atoms with Crippen LogP contribution in [0.5, 0.6) is 0 Å². The molecule has 0 bridgehead atoms. The first-order valence-electron chi connectivity index (χ1n) is 1.41. The molecule has 0 aromatic carbocycles. The van der Waals surface area contributed by atoms with Crippen LogP contribution in [-0.2, 0) is 32.7 Å². The van der Waals surface area contributed by atoms with Crippen LogP contribution in [0.1, 0.15) is 13.3 Å². The second-order valence-corrected chi connectivity index (χ2v) is 0.604. The normalized spacial score (nSPS) is 4.17. The second kappa shape index (κ2) is 17.0. The van der Waals surface area contributed by atoms with Crippen LogP contribution >= 0.6 is 0 Å². The topological polar surface area (TPSA) is 31.5 Å². The average molecular weight is 162 g/mol. The summed E-state index contributed by atoms with van der Waals surface area (Å²) in [7, 11) is 0. The molecule has 0 saturated heterocycles. The zero-order chi connectivity index (χ0) is 3.41. The van der Waals surface area contributed by atoms with Crippen LogP contribution in [0.2, 0.25) is 0 Å². The van der Waals surface area contributed by atoms with E-state index in [9.17, 15) is 0 Å². The Morgan fingerprint density at radius 3 is 1.83 bits per heavy atom. The quantitative estimate of drug-likeness (QED) is 0.504. The zero-order valence-corrected chi connectivity index (χ0v) is 6.83. The molecule has 0 fully saturated rings. The molecule has 0 aliphatic heterocycles. The summed E-state index contributed by atoms with van der Waals surface area (Å²) in [4.78, 5) is 0. The van der Waals surface area contributed by atoms with E-state index >= 15 is 0 Å². The minimum Gasteiger partial charge on any atom is -0.504 e. The van der Waals surface area contributed by atoms with Gasteiger partial charge in [-0.25, -0.2) is 0 Å². The Morgan fingerprint density at radius 2 is 1.83 bits per heavy atom. The molecule has 0 atom stereocenters. The minimum absolute atomic E-state index is 0. The molecule has 0 rings (SSSR count). The van der Waals surface area contributed by atoms with Crippen molar-refractivity contribution in [2.24, 2.45) is 0 Å². The van der Waals surface area contributed by atoms with E-state index in [-0.39, 0.29) is 38.2 Å². The molecule has 1 nitrogen and oxygen atoms in total. The number of hydrogen-bond donors (Lipinski definition) is 0. The molecule has 1 radical (unpaired) electrons. The predicted octanol–water partition coefficient (Wildman–Crippen LogP) is 0.558. The van der Waals surface area contributed by atoms with Gasteiger partial charge >= 0.3 is 0 Å². The summed E-state index contributed by atoms with van der Waals surface area (Å²) >= 11 is 0. The van der Waals surface area contributed by atoms with Crippen molar-refractivity contribution in [1.29, 1.82) is 0 Å². The number of rotatable bonds is 1. The summed E-state index contributed by atoms with van der Waals surface area (Å²) in [5.74, 6) is 0. The third kappa shape index (κ3) is 21.4. The van der Waals surface area contributed by atoms with E-state index in [0.29, 0.717) is 0 Å². The molecule has 2 heteroatoms. The molecule has 6 heavy (non-hydrogen) atoms. The van der Waals surface area contributed by atoms with E-state index in [1.165, 1.54) is 0 Å². The maximum atomic E-state index is 3.35. The standard InChI is InChI=1S/C4H7.H2O.Y/c1-3-4-2;;/h1,4H2,2H3;1H2;/q-1;;. The second-order valence-electron chi connectivity index (χ2n) is 0.604. The van der Waals surface area contributed by atoms with Crippen molar-refractivity contribution in [3.05, 3.63) is 12.7 Å². The summed E-state index contributed by atoms with van der Waals surface area (Å²) in [6.45, 7) is 5.36. The third-order valence-electron chi connectivity index (χ3n) is 0.250. The van der Waals surface area contributed by atoms with Crippen LogP contribution in [-0.4, -0.2) is 5.48 Å². The SMILES string of the molecule is C=[C-]CC.O.[Y]. The molecule has 0 unspecified atom stereocenters. The van der Waals surface area contributed by atoms with E-state index in [0.717, 1.165) is 6.42 Å². The van der Waals surface area contributed by atoms with Crippen LogP contribution in [0.25, 0.3) is 0 Å². The van der Waals surface area contributed by atoms with Gasteiger partial charge in [0.25, 0.3) is 0 Å². The predicted molar refractivity (Wildman–Crippen MR) is 22.8 cm³/mol. The molecular weight excluding hydrogens is 153 g/mol. The van der Waals surface area contributed by atoms with Gasteiger partial charge in [0.05, 0.1) is 0 Å². The van der Waals surface area contributed by atoms with Crippen molar-refractivity contribution in [2.45, 2.75) is 13.3 Å². The Morgan fingerprint density at radius 1 is 1.67 bits per heavy atom. The van der Waals surface area contributed by atoms with Gasteiger partial charge in [-0.05, 0) is 0 Å². The average Bonchev–Trinajstić information content (AvgIpc) is 1.37. The van der Waals surface area contributed by atoms with Crippen molar-refractivity contribution in [1.82, 2.24) is 0 Å². The van der Waals surface area contributed by atoms with Crippen LogP contribution in [0.3, 0.4) is 0 Å². The summed E-state index contributed by atoms with van der Waals surface area (Å²) in [5, 5.41) is 0. The minimum atomic E-state index is 0. The third-order valence-corrected chi connectivity index (χ3v) is 0.250. The van der Waals surface area contributed by atoms with Gasteiger partial charge in [0.15, 0.2) is 0 Å². The Labute approximate surface area is 64.0 Å². The van der Waals surface area contributed by atoms with Gasteiger partial charge in [-0.3, -0.25) is 6.58 Å². The molecule has 0 amide bonds. The van der Waals surface area contributed by atoms with E-state index in [2.05, 4.69) is 12.7 Å². The fraction of sp³-hybridized carbons (Fsp3) is 0.500. The molecule has 0 saturated carbocycles. The van der Waals surface area contributed by atoms with Gasteiger partial charge in [-0.1, -0.05) is 6.92 Å². The maximum Gasteiger partial charge on any atom is 0 e. The van der Waals surface area contributed by atoms with E-state index in [1.54, 1.807) is 0 Å². The molecule has 0 aliphatic carbocycles. The summed E-state index contributed by atoms with van der Waals surface area (Å²) in [6.07, 6.45) is 3.64. The van der Waals surface area contributed by atoms with Crippen LogP contribution in [0.4, 0.5) is 0 Å². The van der Waals surface area contributed by atoms with Crippen molar-refractivity contribution in [3.63, 3.8) is 0 Å². The summed E-state index contributed by atoms with van der Waals surface area (Å²) < 4.78 is 0. The van der Waals surface area contributed by atoms with Gasteiger partial charge in [0, 0.05) is 32.7 Å². The van der Waals surface area contributed by atoms with Crippen molar-refractivity contribution in [3.8, 4) is 0 Å². The van der Waals surface area contributed by atoms with Crippen molar-refractivity contribution < 1.29 is 38.2 Å². The number of hydrogen-bond acceptors (Lipinski definition) is 0. The van der Waals surface area contributed by atoms with Gasteiger partial charge in [0.2, 0.25) is 0 Å². The fourth-order valence-electron chi connectivity index (χ4n) is 0. The zero-order valence-electron chi connectivity index (χ0n) is 3.99. The van der Waals surface area contributed by atoms with E-state index in [1.807, 2.05) is 6.92 Å². The first kappa shape index (κ1) is 15.8. The van der Waals surface area contributed by atoms with Crippen molar-refractivity contribution in [2.75, 3.05) is 0 Å². The largest absolute Gasteiger partial charge is 0.504 e. The van der Waals surface area contributed by atoms with Gasteiger partial charge in [-0.2, -0.15) is 6.42 Å². The molecule has 0 heterocycles. The van der Waals surface area contributed by atoms with E-state index < -0.39 is 0 Å². The molecule has 0 spiro atoms. The Kier molecular flexibility index (Phi) is 45.0. The fourth-order valence-corrected chi connectivity index (χ4v) is 0. The molecule has 0 aliphatic rings. The molecule has 35 valence electrons. The van der Waals surface area contributed by atoms with Gasteiger partial charge < -0.3 is 11.6 Å². The summed E-state index contributed by atoms with van der Waals surface area (Å²) in [5.41, 5.74) is 0. The van der Waals surface area contributed by atoms with Gasteiger partial charge in [0.1, 0.15) is 0 Å². The van der Waals surface area contributed by atoms with Crippen molar-refractivity contribution >= 4 is 0 Å². The molecule has 2 N–H and O–H groups in total. The monoisotopic (exact) mass is 162 g/mol. The summed E-state index contributed by atoms with van der Waals surface area (Å²) in [6, 6.07) is 0. The molecular formula is C4H9OY-. The molecule has 0 aromatic rings.